The van der Waals surface area contributed by atoms with Gasteiger partial charge >= 0.3 is 5.97 Å². The summed E-state index contributed by atoms with van der Waals surface area (Å²) in [7, 11) is -3.15. The molecule has 0 aliphatic carbocycles. The van der Waals surface area contributed by atoms with Gasteiger partial charge in [0.15, 0.2) is 4.90 Å². The molecule has 22 heavy (non-hydrogen) atoms. The smallest absolute Gasteiger partial charge is 0.323 e. The number of carbonyl (C=O) groups excluding carboxylic acids is 1. The Kier molecular flexibility index (Phi) is 5.77. The number of sulfonamides is 1. The van der Waals surface area contributed by atoms with Crippen molar-refractivity contribution in [2.45, 2.75) is 17.9 Å². The van der Waals surface area contributed by atoms with Crippen molar-refractivity contribution in [1.29, 1.82) is 0 Å². The fraction of sp³-hybridized carbons (Fsp3) is 0.308. The molecule has 1 atom stereocenters. The number of ether oxygens (including phenoxy) is 1. The molecule has 0 aromatic heterocycles. The van der Waals surface area contributed by atoms with Crippen molar-refractivity contribution in [2.24, 2.45) is 0 Å². The molecule has 9 heteroatoms. The van der Waals surface area contributed by atoms with Crippen LogP contribution in [0.2, 0.25) is 0 Å². The Morgan fingerprint density at radius 1 is 1.50 bits per heavy atom. The third kappa shape index (κ3) is 3.49. The van der Waals surface area contributed by atoms with E-state index in [-0.39, 0.29) is 6.54 Å². The summed E-state index contributed by atoms with van der Waals surface area (Å²) in [4.78, 5) is 21.4. The quantitative estimate of drug-likeness (QED) is 0.323. The lowest BCUT2D eigenvalue weighted by Crippen LogP contribution is -2.43. The molecule has 0 saturated heterocycles. The number of esters is 1. The van der Waals surface area contributed by atoms with Crippen molar-refractivity contribution in [2.75, 3.05) is 13.7 Å². The molecule has 0 fully saturated rings. The normalized spacial score (nSPS) is 12.7. The summed E-state index contributed by atoms with van der Waals surface area (Å²) < 4.78 is 30.7. The second kappa shape index (κ2) is 7.14. The highest BCUT2D eigenvalue weighted by atomic mass is 32.2. The van der Waals surface area contributed by atoms with Gasteiger partial charge < -0.3 is 4.74 Å². The molecular weight excluding hydrogens is 312 g/mol. The number of carbonyl (C=O) groups is 1. The van der Waals surface area contributed by atoms with Crippen molar-refractivity contribution in [3.05, 3.63) is 47.0 Å². The highest BCUT2D eigenvalue weighted by Gasteiger charge is 2.36. The minimum atomic E-state index is -4.27. The zero-order valence-corrected chi connectivity index (χ0v) is 12.9. The van der Waals surface area contributed by atoms with Crippen LogP contribution in [0.15, 0.2) is 41.8 Å². The maximum absolute atomic E-state index is 12.7. The van der Waals surface area contributed by atoms with Crippen LogP contribution in [-0.4, -0.2) is 43.3 Å². The number of hydrogen-bond donors (Lipinski definition) is 0. The molecule has 1 rings (SSSR count). The van der Waals surface area contributed by atoms with Crippen LogP contribution in [0.4, 0.5) is 5.69 Å². The second-order valence-corrected chi connectivity index (χ2v) is 6.15. The summed E-state index contributed by atoms with van der Waals surface area (Å²) >= 11 is 0. The van der Waals surface area contributed by atoms with Crippen LogP contribution in [0.1, 0.15) is 6.92 Å². The van der Waals surface area contributed by atoms with E-state index in [1.807, 2.05) is 0 Å². The molecule has 0 amide bonds. The Labute approximate surface area is 128 Å². The first-order valence-corrected chi connectivity index (χ1v) is 7.65. The van der Waals surface area contributed by atoms with Gasteiger partial charge in [-0.05, 0) is 13.0 Å². The van der Waals surface area contributed by atoms with E-state index < -0.39 is 37.5 Å². The van der Waals surface area contributed by atoms with Crippen LogP contribution >= 0.6 is 0 Å². The lowest BCUT2D eigenvalue weighted by Gasteiger charge is -2.25. The van der Waals surface area contributed by atoms with Gasteiger partial charge in [-0.15, -0.1) is 6.58 Å². The number of nitro groups is 1. The molecule has 0 aliphatic rings. The number of nitro benzene ring substituents is 1. The third-order valence-corrected chi connectivity index (χ3v) is 4.92. The molecule has 0 spiro atoms. The largest absolute Gasteiger partial charge is 0.468 e. The van der Waals surface area contributed by atoms with Gasteiger partial charge in [-0.1, -0.05) is 18.2 Å². The highest BCUT2D eigenvalue weighted by molar-refractivity contribution is 7.89. The third-order valence-electron chi connectivity index (χ3n) is 2.93. The van der Waals surface area contributed by atoms with Gasteiger partial charge in [-0.25, -0.2) is 8.42 Å². The molecule has 1 aromatic carbocycles. The second-order valence-electron chi connectivity index (χ2n) is 4.29. The van der Waals surface area contributed by atoms with Crippen LogP contribution in [-0.2, 0) is 19.6 Å². The fourth-order valence-corrected chi connectivity index (χ4v) is 3.55. The Hall–Kier alpha value is -2.26. The first-order chi connectivity index (χ1) is 10.3. The number of nitrogens with zero attached hydrogens (tertiary/aromatic N) is 2. The Morgan fingerprint density at radius 2 is 2.09 bits per heavy atom. The standard InChI is InChI=1S/C13H16N2O6S/c1-4-9-14(10(2)13(16)21-3)22(19,20)12-8-6-5-7-11(12)15(17)18/h4-8,10H,1,9H2,2-3H3/t10-/m1/s1. The van der Waals surface area contributed by atoms with E-state index in [9.17, 15) is 23.3 Å². The molecule has 0 saturated carbocycles. The van der Waals surface area contributed by atoms with Gasteiger partial charge in [0.25, 0.3) is 15.7 Å². The van der Waals surface area contributed by atoms with Crippen molar-refractivity contribution >= 4 is 21.7 Å². The molecule has 0 N–H and O–H groups in total. The minimum absolute atomic E-state index is 0.190. The summed E-state index contributed by atoms with van der Waals surface area (Å²) in [6, 6.07) is 3.79. The summed E-state index contributed by atoms with van der Waals surface area (Å²) in [5, 5.41) is 11.0. The molecule has 0 bridgehead atoms. The minimum Gasteiger partial charge on any atom is -0.468 e. The van der Waals surface area contributed by atoms with Crippen LogP contribution in [0, 0.1) is 10.1 Å². The highest BCUT2D eigenvalue weighted by Crippen LogP contribution is 2.27. The maximum atomic E-state index is 12.7. The van der Waals surface area contributed by atoms with Crippen LogP contribution < -0.4 is 0 Å². The van der Waals surface area contributed by atoms with Gasteiger partial charge in [-0.2, -0.15) is 4.31 Å². The van der Waals surface area contributed by atoms with Crippen LogP contribution in [0.3, 0.4) is 0 Å². The van der Waals surface area contributed by atoms with E-state index in [1.165, 1.54) is 25.1 Å². The maximum Gasteiger partial charge on any atom is 0.323 e. The Balaban J connectivity index is 3.44. The summed E-state index contributed by atoms with van der Waals surface area (Å²) in [5.41, 5.74) is -0.561. The van der Waals surface area contributed by atoms with E-state index in [0.717, 1.165) is 23.5 Å². The van der Waals surface area contributed by atoms with Crippen LogP contribution in [0.5, 0.6) is 0 Å². The van der Waals surface area contributed by atoms with Gasteiger partial charge in [0.05, 0.1) is 12.0 Å². The van der Waals surface area contributed by atoms with Crippen LogP contribution in [0.25, 0.3) is 0 Å². The predicted octanol–water partition coefficient (Wildman–Crippen LogP) is 1.33. The van der Waals surface area contributed by atoms with E-state index in [1.54, 1.807) is 0 Å². The van der Waals surface area contributed by atoms with Gasteiger partial charge in [0.2, 0.25) is 0 Å². The van der Waals surface area contributed by atoms with E-state index in [0.29, 0.717) is 0 Å². The van der Waals surface area contributed by atoms with Gasteiger partial charge in [0, 0.05) is 12.6 Å². The number of rotatable bonds is 7. The van der Waals surface area contributed by atoms with Gasteiger partial charge in [-0.3, -0.25) is 14.9 Å². The number of hydrogen-bond acceptors (Lipinski definition) is 6. The molecule has 1 aromatic rings. The molecule has 0 unspecified atom stereocenters. The molecule has 0 aliphatic heterocycles. The van der Waals surface area contributed by atoms with E-state index in [2.05, 4.69) is 11.3 Å². The average molecular weight is 328 g/mol. The van der Waals surface area contributed by atoms with Crippen molar-refractivity contribution in [3.8, 4) is 0 Å². The monoisotopic (exact) mass is 328 g/mol. The summed E-state index contributed by atoms with van der Waals surface area (Å²) in [6.07, 6.45) is 1.28. The predicted molar refractivity (Wildman–Crippen MR) is 78.7 cm³/mol. The lowest BCUT2D eigenvalue weighted by molar-refractivity contribution is -0.387. The topological polar surface area (TPSA) is 107 Å². The number of methoxy groups -OCH3 is 1. The Morgan fingerprint density at radius 3 is 2.59 bits per heavy atom. The summed E-state index contributed by atoms with van der Waals surface area (Å²) in [5.74, 6) is -0.774. The fourth-order valence-electron chi connectivity index (χ4n) is 1.83. The molecule has 0 heterocycles. The first-order valence-electron chi connectivity index (χ1n) is 6.21. The lowest BCUT2D eigenvalue weighted by atomic mass is 10.3. The van der Waals surface area contributed by atoms with Crippen molar-refractivity contribution < 1.29 is 22.9 Å². The summed E-state index contributed by atoms with van der Waals surface area (Å²) in [6.45, 7) is 4.59. The number of para-hydroxylation sites is 1. The Bertz CT molecular complexity index is 686. The van der Waals surface area contributed by atoms with Crippen molar-refractivity contribution in [3.63, 3.8) is 0 Å². The SMILES string of the molecule is C=CCN([C@H](C)C(=O)OC)S(=O)(=O)c1ccccc1[N+](=O)[O-]. The molecular formula is C13H16N2O6S. The zero-order valence-electron chi connectivity index (χ0n) is 12.1. The molecule has 0 radical (unpaired) electrons. The van der Waals surface area contributed by atoms with Crippen molar-refractivity contribution in [1.82, 2.24) is 4.31 Å². The average Bonchev–Trinajstić information content (AvgIpc) is 2.50. The molecule has 120 valence electrons. The van der Waals surface area contributed by atoms with Gasteiger partial charge in [0.1, 0.15) is 6.04 Å². The first kappa shape index (κ1) is 17.8. The number of benzene rings is 1. The van der Waals surface area contributed by atoms with E-state index >= 15 is 0 Å². The molecule has 8 nitrogen and oxygen atoms in total. The van der Waals surface area contributed by atoms with E-state index in [4.69, 9.17) is 0 Å². The zero-order chi connectivity index (χ0) is 16.9.